The first-order valence-corrected chi connectivity index (χ1v) is 9.62. The van der Waals surface area contributed by atoms with Crippen molar-refractivity contribution in [2.24, 2.45) is 5.10 Å². The number of aromatic nitrogens is 2. The third kappa shape index (κ3) is 5.09. The smallest absolute Gasteiger partial charge is 0.293 e. The van der Waals surface area contributed by atoms with Gasteiger partial charge in [-0.2, -0.15) is 10.2 Å². The summed E-state index contributed by atoms with van der Waals surface area (Å²) in [5.41, 5.74) is 5.00. The Balaban J connectivity index is 1.67. The van der Waals surface area contributed by atoms with Crippen LogP contribution in [0.3, 0.4) is 0 Å². The standard InChI is InChI=1S/C20H18BrN5O4/c1-13(15-5-9-17(30-2)10-6-15)22-23-20(27)19-18(21)12-25(24-19)11-14-3-7-16(8-4-14)26(28)29/h3-10,12H,11H2,1-2H3,(H,23,27)/b22-13+. The highest BCUT2D eigenvalue weighted by Gasteiger charge is 2.15. The maximum absolute atomic E-state index is 12.5. The number of amides is 1. The predicted molar refractivity (Wildman–Crippen MR) is 115 cm³/mol. The van der Waals surface area contributed by atoms with Crippen LogP contribution in [-0.2, 0) is 6.54 Å². The summed E-state index contributed by atoms with van der Waals surface area (Å²) in [7, 11) is 1.59. The van der Waals surface area contributed by atoms with E-state index in [1.165, 1.54) is 12.1 Å². The predicted octanol–water partition coefficient (Wildman–Crippen LogP) is 3.76. The molecule has 3 aromatic rings. The molecular weight excluding hydrogens is 454 g/mol. The summed E-state index contributed by atoms with van der Waals surface area (Å²) in [4.78, 5) is 22.8. The summed E-state index contributed by atoms with van der Waals surface area (Å²) in [6.45, 7) is 2.14. The molecule has 0 spiro atoms. The average Bonchev–Trinajstić information content (AvgIpc) is 3.12. The maximum atomic E-state index is 12.5. The zero-order chi connectivity index (χ0) is 21.7. The molecule has 0 aliphatic rings. The Labute approximate surface area is 180 Å². The minimum absolute atomic E-state index is 0.0190. The fourth-order valence-corrected chi connectivity index (χ4v) is 3.12. The lowest BCUT2D eigenvalue weighted by atomic mass is 10.1. The van der Waals surface area contributed by atoms with E-state index >= 15 is 0 Å². The van der Waals surface area contributed by atoms with Gasteiger partial charge in [-0.3, -0.25) is 19.6 Å². The summed E-state index contributed by atoms with van der Waals surface area (Å²) in [5, 5.41) is 19.1. The quantitative estimate of drug-likeness (QED) is 0.320. The molecule has 154 valence electrons. The van der Waals surface area contributed by atoms with E-state index in [9.17, 15) is 14.9 Å². The number of non-ortho nitro benzene ring substituents is 1. The van der Waals surface area contributed by atoms with Gasteiger partial charge in [-0.25, -0.2) is 5.43 Å². The third-order valence-electron chi connectivity index (χ3n) is 4.26. The molecule has 0 aliphatic heterocycles. The highest BCUT2D eigenvalue weighted by Crippen LogP contribution is 2.18. The first-order valence-electron chi connectivity index (χ1n) is 8.82. The number of carbonyl (C=O) groups is 1. The van der Waals surface area contributed by atoms with Crippen molar-refractivity contribution in [2.75, 3.05) is 7.11 Å². The molecule has 0 saturated heterocycles. The summed E-state index contributed by atoms with van der Waals surface area (Å²) < 4.78 is 7.21. The van der Waals surface area contributed by atoms with Crippen LogP contribution in [0.2, 0.25) is 0 Å². The molecule has 9 nitrogen and oxygen atoms in total. The largest absolute Gasteiger partial charge is 0.497 e. The van der Waals surface area contributed by atoms with E-state index in [0.29, 0.717) is 16.7 Å². The highest BCUT2D eigenvalue weighted by atomic mass is 79.9. The van der Waals surface area contributed by atoms with Crippen LogP contribution >= 0.6 is 15.9 Å². The van der Waals surface area contributed by atoms with Gasteiger partial charge in [-0.05, 0) is 58.2 Å². The molecule has 0 saturated carbocycles. The topological polar surface area (TPSA) is 112 Å². The number of hydrogen-bond donors (Lipinski definition) is 1. The number of rotatable bonds is 7. The molecule has 0 aliphatic carbocycles. The number of halogens is 1. The van der Waals surface area contributed by atoms with Crippen molar-refractivity contribution >= 4 is 33.2 Å². The Hall–Kier alpha value is -3.53. The van der Waals surface area contributed by atoms with Gasteiger partial charge in [0.05, 0.1) is 28.8 Å². The van der Waals surface area contributed by atoms with Gasteiger partial charge in [0.15, 0.2) is 5.69 Å². The van der Waals surface area contributed by atoms with Crippen molar-refractivity contribution in [1.29, 1.82) is 0 Å². The molecule has 2 aromatic carbocycles. The van der Waals surface area contributed by atoms with Crippen LogP contribution in [0.15, 0.2) is 64.3 Å². The lowest BCUT2D eigenvalue weighted by molar-refractivity contribution is -0.384. The van der Waals surface area contributed by atoms with Crippen LogP contribution < -0.4 is 10.2 Å². The lowest BCUT2D eigenvalue weighted by Gasteiger charge is -2.04. The molecule has 0 radical (unpaired) electrons. The number of hydrazone groups is 1. The minimum atomic E-state index is -0.461. The van der Waals surface area contributed by atoms with Gasteiger partial charge in [0.2, 0.25) is 0 Å². The third-order valence-corrected chi connectivity index (χ3v) is 4.84. The summed E-state index contributed by atoms with van der Waals surface area (Å²) in [6, 6.07) is 13.5. The molecule has 3 rings (SSSR count). The number of ether oxygens (including phenoxy) is 1. The van der Waals surface area contributed by atoms with Crippen molar-refractivity contribution in [1.82, 2.24) is 15.2 Å². The first kappa shape index (κ1) is 21.2. The molecule has 1 N–H and O–H groups in total. The highest BCUT2D eigenvalue weighted by molar-refractivity contribution is 9.10. The SMILES string of the molecule is COc1ccc(/C(C)=N/NC(=O)c2nn(Cc3ccc([N+](=O)[O-])cc3)cc2Br)cc1. The zero-order valence-electron chi connectivity index (χ0n) is 16.2. The van der Waals surface area contributed by atoms with Gasteiger partial charge in [-0.1, -0.05) is 12.1 Å². The first-order chi connectivity index (χ1) is 14.4. The normalized spacial score (nSPS) is 11.2. The number of nitro benzene ring substituents is 1. The van der Waals surface area contributed by atoms with E-state index in [0.717, 1.165) is 16.9 Å². The monoisotopic (exact) mass is 471 g/mol. The Morgan fingerprint density at radius 3 is 2.50 bits per heavy atom. The van der Waals surface area contributed by atoms with E-state index in [1.54, 1.807) is 37.0 Å². The molecular formula is C20H18BrN5O4. The average molecular weight is 472 g/mol. The Morgan fingerprint density at radius 2 is 1.90 bits per heavy atom. The molecule has 30 heavy (non-hydrogen) atoms. The molecule has 10 heteroatoms. The van der Waals surface area contributed by atoms with E-state index in [4.69, 9.17) is 4.74 Å². The van der Waals surface area contributed by atoms with E-state index in [-0.39, 0.29) is 11.4 Å². The van der Waals surface area contributed by atoms with Crippen LogP contribution in [0.1, 0.15) is 28.5 Å². The maximum Gasteiger partial charge on any atom is 0.293 e. The number of carbonyl (C=O) groups excluding carboxylic acids is 1. The van der Waals surface area contributed by atoms with E-state index in [1.807, 2.05) is 24.3 Å². The van der Waals surface area contributed by atoms with Crippen molar-refractivity contribution in [3.63, 3.8) is 0 Å². The molecule has 0 unspecified atom stereocenters. The molecule has 0 bridgehead atoms. The molecule has 1 heterocycles. The van der Waals surface area contributed by atoms with Gasteiger partial charge in [-0.15, -0.1) is 0 Å². The molecule has 0 fully saturated rings. The lowest BCUT2D eigenvalue weighted by Crippen LogP contribution is -2.20. The van der Waals surface area contributed by atoms with Crippen LogP contribution in [0, 0.1) is 10.1 Å². The Kier molecular flexibility index (Phi) is 6.58. The van der Waals surface area contributed by atoms with Crippen molar-refractivity contribution in [3.8, 4) is 5.75 Å². The zero-order valence-corrected chi connectivity index (χ0v) is 17.8. The summed E-state index contributed by atoms with van der Waals surface area (Å²) in [5.74, 6) is 0.273. The number of methoxy groups -OCH3 is 1. The van der Waals surface area contributed by atoms with Crippen LogP contribution in [0.4, 0.5) is 5.69 Å². The van der Waals surface area contributed by atoms with Gasteiger partial charge >= 0.3 is 0 Å². The van der Waals surface area contributed by atoms with Gasteiger partial charge in [0, 0.05) is 18.3 Å². The fourth-order valence-electron chi connectivity index (χ4n) is 2.63. The second-order valence-corrected chi connectivity index (χ2v) is 7.17. The number of nitro groups is 1. The van der Waals surface area contributed by atoms with Crippen molar-refractivity contribution in [3.05, 3.63) is 86.1 Å². The van der Waals surface area contributed by atoms with Crippen LogP contribution in [-0.4, -0.2) is 33.4 Å². The number of benzene rings is 2. The molecule has 0 atom stereocenters. The Morgan fingerprint density at radius 1 is 1.23 bits per heavy atom. The molecule has 1 amide bonds. The minimum Gasteiger partial charge on any atom is -0.497 e. The van der Waals surface area contributed by atoms with Crippen LogP contribution in [0.5, 0.6) is 5.75 Å². The van der Waals surface area contributed by atoms with Gasteiger partial charge in [0.1, 0.15) is 5.75 Å². The van der Waals surface area contributed by atoms with E-state index in [2.05, 4.69) is 31.6 Å². The fraction of sp³-hybridized carbons (Fsp3) is 0.150. The van der Waals surface area contributed by atoms with Crippen molar-refractivity contribution in [2.45, 2.75) is 13.5 Å². The number of hydrogen-bond acceptors (Lipinski definition) is 6. The number of nitrogens with one attached hydrogen (secondary N) is 1. The van der Waals surface area contributed by atoms with Crippen molar-refractivity contribution < 1.29 is 14.5 Å². The Bertz CT molecular complexity index is 1090. The summed E-state index contributed by atoms with van der Waals surface area (Å²) in [6.07, 6.45) is 1.66. The number of nitrogens with zero attached hydrogens (tertiary/aromatic N) is 4. The second-order valence-electron chi connectivity index (χ2n) is 6.31. The molecule has 1 aromatic heterocycles. The summed E-state index contributed by atoms with van der Waals surface area (Å²) >= 11 is 3.33. The van der Waals surface area contributed by atoms with Gasteiger partial charge < -0.3 is 4.74 Å². The van der Waals surface area contributed by atoms with Gasteiger partial charge in [0.25, 0.3) is 11.6 Å². The second kappa shape index (κ2) is 9.31. The van der Waals surface area contributed by atoms with Crippen LogP contribution in [0.25, 0.3) is 0 Å². The van der Waals surface area contributed by atoms with E-state index < -0.39 is 10.8 Å².